The molecule has 0 saturated carbocycles. The molecule has 4 nitrogen and oxygen atoms in total. The Labute approximate surface area is 154 Å². The summed E-state index contributed by atoms with van der Waals surface area (Å²) in [6, 6.07) is 6.29. The lowest BCUT2D eigenvalue weighted by Crippen LogP contribution is -2.12. The van der Waals surface area contributed by atoms with Gasteiger partial charge in [0.25, 0.3) is 0 Å². The summed E-state index contributed by atoms with van der Waals surface area (Å²) >= 11 is 0. The Morgan fingerprint density at radius 3 is 1.81 bits per heavy atom. The zero-order valence-electron chi connectivity index (χ0n) is 15.7. The summed E-state index contributed by atoms with van der Waals surface area (Å²) in [5.74, 6) is -0.337. The van der Waals surface area contributed by atoms with E-state index in [0.29, 0.717) is 60.4 Å². The highest BCUT2D eigenvalue weighted by atomic mass is 16.3. The van der Waals surface area contributed by atoms with Gasteiger partial charge in [-0.1, -0.05) is 20.8 Å². The summed E-state index contributed by atoms with van der Waals surface area (Å²) in [7, 11) is 0. The van der Waals surface area contributed by atoms with Crippen LogP contribution in [-0.2, 0) is 0 Å². The summed E-state index contributed by atoms with van der Waals surface area (Å²) in [6.45, 7) is 5.73. The van der Waals surface area contributed by atoms with E-state index in [1.807, 2.05) is 20.8 Å². The number of carbonyl (C=O) groups is 3. The molecule has 0 saturated heterocycles. The van der Waals surface area contributed by atoms with E-state index in [-0.39, 0.29) is 28.7 Å². The average molecular weight is 354 g/mol. The molecule has 0 amide bonds. The summed E-state index contributed by atoms with van der Waals surface area (Å²) < 4.78 is 0. The number of hydrogen-bond acceptors (Lipinski definition) is 4. The van der Waals surface area contributed by atoms with Gasteiger partial charge >= 0.3 is 0 Å². The minimum Gasteiger partial charge on any atom is -0.507 e. The number of benzene rings is 2. The quantitative estimate of drug-likeness (QED) is 0.604. The molecule has 0 spiro atoms. The van der Waals surface area contributed by atoms with Crippen LogP contribution in [0, 0.1) is 0 Å². The molecule has 2 aromatic rings. The van der Waals surface area contributed by atoms with Gasteiger partial charge in [-0.25, -0.2) is 0 Å². The highest BCUT2D eigenvalue weighted by molar-refractivity contribution is 6.22. The number of Topliss-reactive ketones (excluding diaryl/α,β-unsaturated/α-hetero) is 3. The SMILES string of the molecule is CCCC(=O)c1ccc2c(O)ccc(C(=O)CCC)c2c1C(=O)CCC. The fourth-order valence-corrected chi connectivity index (χ4v) is 3.26. The van der Waals surface area contributed by atoms with Gasteiger partial charge in [-0.2, -0.15) is 0 Å². The first kappa shape index (κ1) is 19.8. The molecule has 0 fully saturated rings. The maximum atomic E-state index is 12.9. The van der Waals surface area contributed by atoms with E-state index in [2.05, 4.69) is 0 Å². The van der Waals surface area contributed by atoms with Crippen molar-refractivity contribution in [2.75, 3.05) is 0 Å². The maximum Gasteiger partial charge on any atom is 0.164 e. The lowest BCUT2D eigenvalue weighted by atomic mass is 9.87. The monoisotopic (exact) mass is 354 g/mol. The van der Waals surface area contributed by atoms with Crippen molar-refractivity contribution in [3.8, 4) is 5.75 Å². The first-order chi connectivity index (χ1) is 12.5. The molecule has 0 aliphatic rings. The molecular weight excluding hydrogens is 328 g/mol. The largest absolute Gasteiger partial charge is 0.507 e. The minimum absolute atomic E-state index is 0.00749. The van der Waals surface area contributed by atoms with Crippen LogP contribution in [0.1, 0.15) is 90.4 Å². The van der Waals surface area contributed by atoms with Crippen LogP contribution in [0.2, 0.25) is 0 Å². The van der Waals surface area contributed by atoms with Crippen molar-refractivity contribution in [1.82, 2.24) is 0 Å². The lowest BCUT2D eigenvalue weighted by molar-refractivity contribution is 0.0949. The van der Waals surface area contributed by atoms with Crippen LogP contribution in [0.25, 0.3) is 10.8 Å². The van der Waals surface area contributed by atoms with E-state index >= 15 is 0 Å². The van der Waals surface area contributed by atoms with Crippen molar-refractivity contribution >= 4 is 28.1 Å². The van der Waals surface area contributed by atoms with Crippen LogP contribution < -0.4 is 0 Å². The summed E-state index contributed by atoms with van der Waals surface area (Å²) in [4.78, 5) is 38.1. The van der Waals surface area contributed by atoms with Crippen molar-refractivity contribution in [3.05, 3.63) is 41.0 Å². The number of rotatable bonds is 9. The van der Waals surface area contributed by atoms with Crippen molar-refractivity contribution in [2.45, 2.75) is 59.3 Å². The molecule has 138 valence electrons. The normalized spacial score (nSPS) is 10.9. The summed E-state index contributed by atoms with van der Waals surface area (Å²) in [5, 5.41) is 11.1. The molecule has 0 bridgehead atoms. The van der Waals surface area contributed by atoms with Crippen molar-refractivity contribution in [1.29, 1.82) is 0 Å². The second-order valence-electron chi connectivity index (χ2n) is 6.56. The molecule has 2 aromatic carbocycles. The molecule has 0 atom stereocenters. The fraction of sp³-hybridized carbons (Fsp3) is 0.409. The number of aromatic hydroxyl groups is 1. The Balaban J connectivity index is 2.88. The molecular formula is C22H26O4. The van der Waals surface area contributed by atoms with E-state index in [0.717, 1.165) is 0 Å². The molecule has 0 unspecified atom stereocenters. The van der Waals surface area contributed by atoms with Crippen molar-refractivity contribution < 1.29 is 19.5 Å². The fourth-order valence-electron chi connectivity index (χ4n) is 3.26. The van der Waals surface area contributed by atoms with Gasteiger partial charge in [0.2, 0.25) is 0 Å². The molecule has 0 aliphatic carbocycles. The average Bonchev–Trinajstić information content (AvgIpc) is 2.61. The molecule has 1 N–H and O–H groups in total. The van der Waals surface area contributed by atoms with Crippen LogP contribution in [0.15, 0.2) is 24.3 Å². The lowest BCUT2D eigenvalue weighted by Gasteiger charge is -2.15. The Morgan fingerprint density at radius 2 is 1.23 bits per heavy atom. The predicted octanol–water partition coefficient (Wildman–Crippen LogP) is 5.49. The van der Waals surface area contributed by atoms with Crippen molar-refractivity contribution in [3.63, 3.8) is 0 Å². The van der Waals surface area contributed by atoms with Crippen LogP contribution >= 0.6 is 0 Å². The van der Waals surface area contributed by atoms with Gasteiger partial charge in [-0.15, -0.1) is 0 Å². The maximum absolute atomic E-state index is 12.9. The van der Waals surface area contributed by atoms with E-state index in [1.165, 1.54) is 6.07 Å². The van der Waals surface area contributed by atoms with Gasteiger partial charge in [-0.3, -0.25) is 14.4 Å². The number of carbonyl (C=O) groups excluding carboxylic acids is 3. The highest BCUT2D eigenvalue weighted by Gasteiger charge is 2.24. The molecule has 0 radical (unpaired) electrons. The number of phenols is 1. The molecule has 0 aliphatic heterocycles. The Kier molecular flexibility index (Phi) is 6.67. The van der Waals surface area contributed by atoms with Crippen LogP contribution in [0.4, 0.5) is 0 Å². The topological polar surface area (TPSA) is 71.4 Å². The molecule has 4 heteroatoms. The Bertz CT molecular complexity index is 849. The van der Waals surface area contributed by atoms with Gasteiger partial charge in [0, 0.05) is 46.7 Å². The number of fused-ring (bicyclic) bond motifs is 1. The molecule has 2 rings (SSSR count). The molecule has 0 aromatic heterocycles. The summed E-state index contributed by atoms with van der Waals surface area (Å²) in [5.41, 5.74) is 1.05. The van der Waals surface area contributed by atoms with Gasteiger partial charge in [0.1, 0.15) is 5.75 Å². The predicted molar refractivity (Wildman–Crippen MR) is 103 cm³/mol. The van der Waals surface area contributed by atoms with Gasteiger partial charge in [0.05, 0.1) is 0 Å². The van der Waals surface area contributed by atoms with Crippen molar-refractivity contribution in [2.24, 2.45) is 0 Å². The molecule has 26 heavy (non-hydrogen) atoms. The number of ketones is 3. The van der Waals surface area contributed by atoms with Gasteiger partial charge in [-0.05, 0) is 43.5 Å². The first-order valence-electron chi connectivity index (χ1n) is 9.34. The Hall–Kier alpha value is -2.49. The molecule has 0 heterocycles. The van der Waals surface area contributed by atoms with E-state index in [1.54, 1.807) is 18.2 Å². The van der Waals surface area contributed by atoms with Crippen LogP contribution in [0.3, 0.4) is 0 Å². The van der Waals surface area contributed by atoms with E-state index in [9.17, 15) is 19.5 Å². The van der Waals surface area contributed by atoms with Gasteiger partial charge < -0.3 is 5.11 Å². The second kappa shape index (κ2) is 8.75. The standard InChI is InChI=1S/C22H26O4/c1-4-7-17(23)15-12-13-19(25)14-10-11-16(18(24)8-5-2)22(21(14)15)20(26)9-6-3/h10-13,25H,4-9H2,1-3H3. The third kappa shape index (κ3) is 3.85. The van der Waals surface area contributed by atoms with Crippen LogP contribution in [-0.4, -0.2) is 22.5 Å². The second-order valence-corrected chi connectivity index (χ2v) is 6.56. The third-order valence-electron chi connectivity index (χ3n) is 4.47. The number of hydrogen-bond donors (Lipinski definition) is 1. The first-order valence-corrected chi connectivity index (χ1v) is 9.34. The van der Waals surface area contributed by atoms with E-state index in [4.69, 9.17) is 0 Å². The summed E-state index contributed by atoms with van der Waals surface area (Å²) in [6.07, 6.45) is 3.01. The minimum atomic E-state index is -0.159. The van der Waals surface area contributed by atoms with E-state index < -0.39 is 0 Å². The third-order valence-corrected chi connectivity index (χ3v) is 4.47. The highest BCUT2D eigenvalue weighted by Crippen LogP contribution is 2.34. The van der Waals surface area contributed by atoms with Crippen LogP contribution in [0.5, 0.6) is 5.75 Å². The smallest absolute Gasteiger partial charge is 0.164 e. The van der Waals surface area contributed by atoms with Gasteiger partial charge in [0.15, 0.2) is 17.3 Å². The Morgan fingerprint density at radius 1 is 0.731 bits per heavy atom. The number of phenolic OH excluding ortho intramolecular Hbond substituents is 1. The zero-order chi connectivity index (χ0) is 19.3. The zero-order valence-corrected chi connectivity index (χ0v) is 15.7.